The number of aliphatic hydroxyl groups excluding tert-OH is 1. The number of carbonyl (C=O) groups excluding carboxylic acids is 1. The maximum Gasteiger partial charge on any atom is 0.416 e. The van der Waals surface area contributed by atoms with Crippen LogP contribution in [0.4, 0.5) is 13.2 Å². The maximum atomic E-state index is 12.7. The number of halogens is 3. The molecule has 2 aromatic rings. The van der Waals surface area contributed by atoms with Crippen LogP contribution in [0.2, 0.25) is 0 Å². The third-order valence-corrected chi connectivity index (χ3v) is 3.57. The average molecular weight is 354 g/mol. The van der Waals surface area contributed by atoms with E-state index in [0.717, 1.165) is 12.1 Å². The summed E-state index contributed by atoms with van der Waals surface area (Å²) in [5.41, 5.74) is -1.03. The topological polar surface area (TPSA) is 71.3 Å². The van der Waals surface area contributed by atoms with Crippen LogP contribution in [0.25, 0.3) is 0 Å². The van der Waals surface area contributed by atoms with Crippen molar-refractivity contribution in [1.29, 1.82) is 0 Å². The summed E-state index contributed by atoms with van der Waals surface area (Å²) in [5.74, 6) is -0.415. The molecule has 0 aliphatic carbocycles. The van der Waals surface area contributed by atoms with Crippen molar-refractivity contribution in [2.24, 2.45) is 0 Å². The molecule has 8 heteroatoms. The number of rotatable bonds is 6. The van der Waals surface area contributed by atoms with Crippen molar-refractivity contribution in [1.82, 2.24) is 9.88 Å². The number of hydrogen-bond donors (Lipinski definition) is 2. The van der Waals surface area contributed by atoms with Gasteiger partial charge in [-0.15, -0.1) is 0 Å². The quantitative estimate of drug-likeness (QED) is 0.835. The fourth-order valence-corrected chi connectivity index (χ4v) is 2.21. The fourth-order valence-electron chi connectivity index (χ4n) is 2.21. The van der Waals surface area contributed by atoms with E-state index in [1.165, 1.54) is 22.8 Å². The van der Waals surface area contributed by atoms with Crippen molar-refractivity contribution in [2.75, 3.05) is 6.54 Å². The minimum absolute atomic E-state index is 0.0131. The highest BCUT2D eigenvalue weighted by molar-refractivity contribution is 5.75. The molecule has 0 fully saturated rings. The molecule has 1 aromatic carbocycles. The molecule has 1 aromatic heterocycles. The van der Waals surface area contributed by atoms with Gasteiger partial charge in [0.15, 0.2) is 0 Å². The van der Waals surface area contributed by atoms with Gasteiger partial charge in [-0.25, -0.2) is 0 Å². The first kappa shape index (κ1) is 18.7. The Hall–Kier alpha value is -2.61. The SMILES string of the molecule is O=C(CCn1ccccc1=O)NCC(O)c1cccc(C(F)(F)F)c1. The molecule has 0 bridgehead atoms. The number of nitrogens with zero attached hydrogens (tertiary/aromatic N) is 1. The largest absolute Gasteiger partial charge is 0.416 e. The second-order valence-corrected chi connectivity index (χ2v) is 5.43. The van der Waals surface area contributed by atoms with Gasteiger partial charge < -0.3 is 15.0 Å². The Morgan fingerprint density at radius 2 is 1.96 bits per heavy atom. The van der Waals surface area contributed by atoms with Gasteiger partial charge in [-0.2, -0.15) is 13.2 Å². The molecule has 1 amide bonds. The highest BCUT2D eigenvalue weighted by Crippen LogP contribution is 2.30. The van der Waals surface area contributed by atoms with Gasteiger partial charge in [0.2, 0.25) is 5.91 Å². The van der Waals surface area contributed by atoms with Crippen LogP contribution in [-0.4, -0.2) is 22.1 Å². The average Bonchev–Trinajstić information content (AvgIpc) is 2.58. The van der Waals surface area contributed by atoms with Gasteiger partial charge in [0, 0.05) is 31.8 Å². The van der Waals surface area contributed by atoms with Crippen LogP contribution in [-0.2, 0) is 17.5 Å². The molecular formula is C17H17F3N2O3. The number of benzene rings is 1. The zero-order chi connectivity index (χ0) is 18.4. The van der Waals surface area contributed by atoms with E-state index in [2.05, 4.69) is 5.32 Å². The van der Waals surface area contributed by atoms with Crippen molar-refractivity contribution in [3.05, 3.63) is 70.1 Å². The minimum Gasteiger partial charge on any atom is -0.387 e. The van der Waals surface area contributed by atoms with E-state index in [-0.39, 0.29) is 30.6 Å². The van der Waals surface area contributed by atoms with Gasteiger partial charge in [-0.05, 0) is 23.8 Å². The number of nitrogens with one attached hydrogen (secondary N) is 1. The van der Waals surface area contributed by atoms with Gasteiger partial charge >= 0.3 is 6.18 Å². The summed E-state index contributed by atoms with van der Waals surface area (Å²) < 4.78 is 39.3. The Balaban J connectivity index is 1.87. The van der Waals surface area contributed by atoms with Crippen LogP contribution in [0.1, 0.15) is 23.7 Å². The first-order valence-corrected chi connectivity index (χ1v) is 7.55. The molecule has 1 heterocycles. The Morgan fingerprint density at radius 1 is 1.20 bits per heavy atom. The number of amides is 1. The number of aryl methyl sites for hydroxylation is 1. The van der Waals surface area contributed by atoms with Crippen LogP contribution in [0.3, 0.4) is 0 Å². The van der Waals surface area contributed by atoms with Crippen LogP contribution in [0, 0.1) is 0 Å². The summed E-state index contributed by atoms with van der Waals surface area (Å²) in [4.78, 5) is 23.3. The summed E-state index contributed by atoms with van der Waals surface area (Å²) in [6.07, 6.45) is -4.19. The van der Waals surface area contributed by atoms with E-state index in [0.29, 0.717) is 0 Å². The summed E-state index contributed by atoms with van der Waals surface area (Å²) in [6.45, 7) is -0.0466. The van der Waals surface area contributed by atoms with E-state index < -0.39 is 23.8 Å². The molecule has 2 rings (SSSR count). The summed E-state index contributed by atoms with van der Waals surface area (Å²) >= 11 is 0. The normalized spacial score (nSPS) is 12.6. The van der Waals surface area contributed by atoms with Crippen molar-refractivity contribution in [3.63, 3.8) is 0 Å². The molecule has 0 saturated heterocycles. The Kier molecular flexibility index (Phi) is 5.97. The summed E-state index contributed by atoms with van der Waals surface area (Å²) in [6, 6.07) is 8.93. The van der Waals surface area contributed by atoms with E-state index in [1.54, 1.807) is 18.3 Å². The maximum absolute atomic E-state index is 12.7. The van der Waals surface area contributed by atoms with Crippen molar-refractivity contribution in [2.45, 2.75) is 25.2 Å². The lowest BCUT2D eigenvalue weighted by atomic mass is 10.1. The number of aliphatic hydroxyl groups is 1. The molecule has 0 spiro atoms. The second kappa shape index (κ2) is 7.98. The van der Waals surface area contributed by atoms with Gasteiger partial charge in [-0.1, -0.05) is 18.2 Å². The van der Waals surface area contributed by atoms with Crippen molar-refractivity contribution in [3.8, 4) is 0 Å². The monoisotopic (exact) mass is 354 g/mol. The zero-order valence-corrected chi connectivity index (χ0v) is 13.2. The lowest BCUT2D eigenvalue weighted by molar-refractivity contribution is -0.137. The van der Waals surface area contributed by atoms with Gasteiger partial charge in [0.05, 0.1) is 11.7 Å². The third kappa shape index (κ3) is 5.46. The number of hydrogen-bond acceptors (Lipinski definition) is 3. The van der Waals surface area contributed by atoms with Crippen LogP contribution in [0.5, 0.6) is 0 Å². The smallest absolute Gasteiger partial charge is 0.387 e. The van der Waals surface area contributed by atoms with E-state index in [1.807, 2.05) is 0 Å². The molecule has 2 N–H and O–H groups in total. The predicted octanol–water partition coefficient (Wildman–Crippen LogP) is 2.11. The molecule has 1 atom stereocenters. The molecule has 0 aliphatic rings. The van der Waals surface area contributed by atoms with Gasteiger partial charge in [-0.3, -0.25) is 9.59 Å². The molecule has 25 heavy (non-hydrogen) atoms. The van der Waals surface area contributed by atoms with E-state index >= 15 is 0 Å². The number of carbonyl (C=O) groups is 1. The zero-order valence-electron chi connectivity index (χ0n) is 13.2. The highest BCUT2D eigenvalue weighted by atomic mass is 19.4. The molecule has 0 aliphatic heterocycles. The van der Waals surface area contributed by atoms with Crippen LogP contribution >= 0.6 is 0 Å². The first-order chi connectivity index (χ1) is 11.8. The van der Waals surface area contributed by atoms with E-state index in [4.69, 9.17) is 0 Å². The van der Waals surface area contributed by atoms with Crippen molar-refractivity contribution >= 4 is 5.91 Å². The number of aromatic nitrogens is 1. The number of alkyl halides is 3. The first-order valence-electron chi connectivity index (χ1n) is 7.55. The molecule has 1 unspecified atom stereocenters. The Labute approximate surface area is 141 Å². The molecule has 0 radical (unpaired) electrons. The molecular weight excluding hydrogens is 337 g/mol. The van der Waals surface area contributed by atoms with Crippen LogP contribution in [0.15, 0.2) is 53.5 Å². The second-order valence-electron chi connectivity index (χ2n) is 5.43. The van der Waals surface area contributed by atoms with Gasteiger partial charge in [0.25, 0.3) is 5.56 Å². The molecule has 0 saturated carbocycles. The van der Waals surface area contributed by atoms with Crippen LogP contribution < -0.4 is 10.9 Å². The lowest BCUT2D eigenvalue weighted by Gasteiger charge is -2.14. The highest BCUT2D eigenvalue weighted by Gasteiger charge is 2.30. The Bertz CT molecular complexity index is 787. The van der Waals surface area contributed by atoms with Gasteiger partial charge in [0.1, 0.15) is 0 Å². The fraction of sp³-hybridized carbons (Fsp3) is 0.294. The number of pyridine rings is 1. The summed E-state index contributed by atoms with van der Waals surface area (Å²) in [7, 11) is 0. The predicted molar refractivity (Wildman–Crippen MR) is 84.7 cm³/mol. The third-order valence-electron chi connectivity index (χ3n) is 3.57. The standard InChI is InChI=1S/C17H17F3N2O3/c18-17(19,20)13-5-3-4-12(10-13)14(23)11-21-15(24)7-9-22-8-2-1-6-16(22)25/h1-6,8,10,14,23H,7,9,11H2,(H,21,24). The lowest BCUT2D eigenvalue weighted by Crippen LogP contribution is -2.30. The van der Waals surface area contributed by atoms with Crippen molar-refractivity contribution < 1.29 is 23.1 Å². The minimum atomic E-state index is -4.50. The summed E-state index contributed by atoms with van der Waals surface area (Å²) in [5, 5.41) is 12.4. The molecule has 5 nitrogen and oxygen atoms in total. The Morgan fingerprint density at radius 3 is 2.64 bits per heavy atom. The molecule has 134 valence electrons. The van der Waals surface area contributed by atoms with E-state index in [9.17, 15) is 27.9 Å².